The first-order valence-electron chi connectivity index (χ1n) is 7.25. The smallest absolute Gasteiger partial charge is 0.388 e. The van der Waals surface area contributed by atoms with Crippen molar-refractivity contribution in [1.82, 2.24) is 19.7 Å². The highest BCUT2D eigenvalue weighted by Gasteiger charge is 2.19. The van der Waals surface area contributed by atoms with Gasteiger partial charge in [0.1, 0.15) is 0 Å². The SMILES string of the molecule is CN(Cc1cc2ccccc2[nH]1)C(=O)c1cc(OC(F)F)n(C)n1. The van der Waals surface area contributed by atoms with E-state index in [0.29, 0.717) is 6.54 Å². The molecule has 0 aliphatic carbocycles. The maximum absolute atomic E-state index is 12.4. The van der Waals surface area contributed by atoms with Crippen LogP contribution in [0.2, 0.25) is 0 Å². The van der Waals surface area contributed by atoms with Crippen molar-refractivity contribution in [2.75, 3.05) is 7.05 Å². The minimum Gasteiger partial charge on any atom is -0.417 e. The largest absolute Gasteiger partial charge is 0.417 e. The Morgan fingerprint density at radius 1 is 1.38 bits per heavy atom. The van der Waals surface area contributed by atoms with Crippen LogP contribution in [0.1, 0.15) is 16.2 Å². The number of nitrogens with zero attached hydrogens (tertiary/aromatic N) is 3. The van der Waals surface area contributed by atoms with Crippen LogP contribution in [0.15, 0.2) is 36.4 Å². The Labute approximate surface area is 136 Å². The van der Waals surface area contributed by atoms with Crippen LogP contribution in [0, 0.1) is 0 Å². The van der Waals surface area contributed by atoms with Crippen LogP contribution in [0.5, 0.6) is 5.88 Å². The Kier molecular flexibility index (Phi) is 4.20. The van der Waals surface area contributed by atoms with Gasteiger partial charge in [0.05, 0.1) is 6.54 Å². The summed E-state index contributed by atoms with van der Waals surface area (Å²) in [7, 11) is 3.06. The Morgan fingerprint density at radius 2 is 2.12 bits per heavy atom. The van der Waals surface area contributed by atoms with Gasteiger partial charge in [0.25, 0.3) is 5.91 Å². The summed E-state index contributed by atoms with van der Waals surface area (Å²) in [6, 6.07) is 11.0. The second kappa shape index (κ2) is 6.31. The summed E-state index contributed by atoms with van der Waals surface area (Å²) in [5, 5.41) is 4.98. The van der Waals surface area contributed by atoms with Gasteiger partial charge >= 0.3 is 6.61 Å². The first kappa shape index (κ1) is 16.0. The normalized spacial score (nSPS) is 11.2. The van der Waals surface area contributed by atoms with Crippen molar-refractivity contribution >= 4 is 16.8 Å². The summed E-state index contributed by atoms with van der Waals surface area (Å²) in [6.07, 6.45) is 0. The zero-order valence-corrected chi connectivity index (χ0v) is 13.2. The molecule has 0 aliphatic heterocycles. The van der Waals surface area contributed by atoms with Gasteiger partial charge in [0, 0.05) is 31.4 Å². The number of ether oxygens (including phenoxy) is 1. The number of aryl methyl sites for hydroxylation is 1. The molecule has 2 aromatic heterocycles. The van der Waals surface area contributed by atoms with Gasteiger partial charge in [-0.15, -0.1) is 0 Å². The topological polar surface area (TPSA) is 63.1 Å². The van der Waals surface area contributed by atoms with Crippen molar-refractivity contribution in [3.63, 3.8) is 0 Å². The predicted molar refractivity (Wildman–Crippen MR) is 83.9 cm³/mol. The average molecular weight is 334 g/mol. The molecule has 126 valence electrons. The highest BCUT2D eigenvalue weighted by atomic mass is 19.3. The zero-order valence-electron chi connectivity index (χ0n) is 13.2. The highest BCUT2D eigenvalue weighted by Crippen LogP contribution is 2.18. The molecule has 3 aromatic rings. The molecule has 0 atom stereocenters. The summed E-state index contributed by atoms with van der Waals surface area (Å²) >= 11 is 0. The number of alkyl halides is 2. The lowest BCUT2D eigenvalue weighted by molar-refractivity contribution is -0.0553. The molecule has 2 heterocycles. The molecule has 1 amide bonds. The molecule has 0 unspecified atom stereocenters. The van der Waals surface area contributed by atoms with E-state index in [2.05, 4.69) is 14.8 Å². The van der Waals surface area contributed by atoms with E-state index in [-0.39, 0.29) is 17.5 Å². The summed E-state index contributed by atoms with van der Waals surface area (Å²) in [5.41, 5.74) is 1.90. The monoisotopic (exact) mass is 334 g/mol. The Morgan fingerprint density at radius 3 is 2.83 bits per heavy atom. The quantitative estimate of drug-likeness (QED) is 0.780. The molecule has 3 rings (SSSR count). The van der Waals surface area contributed by atoms with Crippen molar-refractivity contribution < 1.29 is 18.3 Å². The number of amides is 1. The number of hydrogen-bond donors (Lipinski definition) is 1. The van der Waals surface area contributed by atoms with E-state index in [1.165, 1.54) is 18.0 Å². The number of aromatic amines is 1. The summed E-state index contributed by atoms with van der Waals surface area (Å²) in [4.78, 5) is 17.1. The van der Waals surface area contributed by atoms with Crippen molar-refractivity contribution in [2.24, 2.45) is 7.05 Å². The second-order valence-electron chi connectivity index (χ2n) is 5.41. The number of rotatable bonds is 5. The van der Waals surface area contributed by atoms with Crippen molar-refractivity contribution in [3.05, 3.63) is 47.8 Å². The molecule has 0 spiro atoms. The number of carbonyl (C=O) groups is 1. The summed E-state index contributed by atoms with van der Waals surface area (Å²) in [5.74, 6) is -0.541. The van der Waals surface area contributed by atoms with Gasteiger partial charge in [-0.3, -0.25) is 4.79 Å². The third kappa shape index (κ3) is 3.22. The number of carbonyl (C=O) groups excluding carboxylic acids is 1. The van der Waals surface area contributed by atoms with Crippen LogP contribution in [-0.4, -0.2) is 39.2 Å². The maximum Gasteiger partial charge on any atom is 0.388 e. The van der Waals surface area contributed by atoms with E-state index in [4.69, 9.17) is 0 Å². The van der Waals surface area contributed by atoms with Gasteiger partial charge < -0.3 is 14.6 Å². The number of fused-ring (bicyclic) bond motifs is 1. The van der Waals surface area contributed by atoms with Crippen LogP contribution in [0.25, 0.3) is 10.9 Å². The number of nitrogens with one attached hydrogen (secondary N) is 1. The molecule has 0 fully saturated rings. The van der Waals surface area contributed by atoms with Crippen LogP contribution < -0.4 is 4.74 Å². The van der Waals surface area contributed by atoms with E-state index in [1.54, 1.807) is 7.05 Å². The van der Waals surface area contributed by atoms with Gasteiger partial charge in [-0.25, -0.2) is 4.68 Å². The van der Waals surface area contributed by atoms with Gasteiger partial charge in [0.15, 0.2) is 5.69 Å². The molecule has 0 radical (unpaired) electrons. The average Bonchev–Trinajstić information content (AvgIpc) is 3.09. The zero-order chi connectivity index (χ0) is 17.3. The van der Waals surface area contributed by atoms with Crippen LogP contribution in [0.4, 0.5) is 8.78 Å². The molecule has 24 heavy (non-hydrogen) atoms. The summed E-state index contributed by atoms with van der Waals surface area (Å²) < 4.78 is 30.0. The van der Waals surface area contributed by atoms with E-state index in [0.717, 1.165) is 21.3 Å². The number of H-pyrrole nitrogens is 1. The number of aromatic nitrogens is 3. The second-order valence-corrected chi connectivity index (χ2v) is 5.41. The predicted octanol–water partition coefficient (Wildman–Crippen LogP) is 2.78. The molecule has 1 aromatic carbocycles. The van der Waals surface area contributed by atoms with E-state index >= 15 is 0 Å². The fraction of sp³-hybridized carbons (Fsp3) is 0.250. The molecule has 0 aliphatic rings. The first-order valence-corrected chi connectivity index (χ1v) is 7.25. The minimum atomic E-state index is -2.97. The first-order chi connectivity index (χ1) is 11.4. The molecular weight excluding hydrogens is 318 g/mol. The lowest BCUT2D eigenvalue weighted by atomic mass is 10.2. The molecule has 8 heteroatoms. The Bertz CT molecular complexity index is 839. The number of halogens is 2. The van der Waals surface area contributed by atoms with Gasteiger partial charge in [-0.1, -0.05) is 18.2 Å². The molecule has 1 N–H and O–H groups in total. The lowest BCUT2D eigenvalue weighted by Gasteiger charge is -2.14. The van der Waals surface area contributed by atoms with Crippen molar-refractivity contribution in [2.45, 2.75) is 13.2 Å². The third-order valence-corrected chi connectivity index (χ3v) is 3.61. The van der Waals surface area contributed by atoms with Gasteiger partial charge in [-0.05, 0) is 17.5 Å². The van der Waals surface area contributed by atoms with E-state index in [1.807, 2.05) is 30.3 Å². The number of benzene rings is 1. The van der Waals surface area contributed by atoms with Gasteiger partial charge in [0.2, 0.25) is 5.88 Å². The lowest BCUT2D eigenvalue weighted by Crippen LogP contribution is -2.26. The minimum absolute atomic E-state index is 0.0479. The molecular formula is C16H16F2N4O2. The maximum atomic E-state index is 12.4. The van der Waals surface area contributed by atoms with Gasteiger partial charge in [-0.2, -0.15) is 13.9 Å². The van der Waals surface area contributed by atoms with E-state index < -0.39 is 6.61 Å². The Hall–Kier alpha value is -2.90. The fourth-order valence-corrected chi connectivity index (χ4v) is 2.50. The summed E-state index contributed by atoms with van der Waals surface area (Å²) in [6.45, 7) is -2.62. The highest BCUT2D eigenvalue weighted by molar-refractivity contribution is 5.92. The molecule has 0 saturated carbocycles. The number of para-hydroxylation sites is 1. The van der Waals surface area contributed by atoms with Crippen LogP contribution >= 0.6 is 0 Å². The molecule has 0 saturated heterocycles. The standard InChI is InChI=1S/C16H16F2N4O2/c1-21(9-11-7-10-5-3-4-6-12(10)19-11)15(23)13-8-14(22(2)20-13)24-16(17)18/h3-8,16,19H,9H2,1-2H3. The van der Waals surface area contributed by atoms with Crippen molar-refractivity contribution in [1.29, 1.82) is 0 Å². The van der Waals surface area contributed by atoms with Crippen LogP contribution in [-0.2, 0) is 13.6 Å². The molecule has 0 bridgehead atoms. The third-order valence-electron chi connectivity index (χ3n) is 3.61. The Balaban J connectivity index is 1.74. The fourth-order valence-electron chi connectivity index (χ4n) is 2.50. The van der Waals surface area contributed by atoms with E-state index in [9.17, 15) is 13.6 Å². The van der Waals surface area contributed by atoms with Crippen LogP contribution in [0.3, 0.4) is 0 Å². The van der Waals surface area contributed by atoms with Crippen molar-refractivity contribution in [3.8, 4) is 5.88 Å². The molecule has 6 nitrogen and oxygen atoms in total. The number of hydrogen-bond acceptors (Lipinski definition) is 3.